The van der Waals surface area contributed by atoms with Gasteiger partial charge in [0.15, 0.2) is 11.5 Å². The van der Waals surface area contributed by atoms with Crippen LogP contribution in [-0.4, -0.2) is 124 Å². The number of pyridine rings is 1. The largest absolute Gasteiger partial charge is 0.353 e. The number of nitrogens with zero attached hydrogens (tertiary/aromatic N) is 7. The van der Waals surface area contributed by atoms with Crippen molar-refractivity contribution >= 4 is 47.3 Å². The van der Waals surface area contributed by atoms with Crippen molar-refractivity contribution < 1.29 is 28.8 Å². The van der Waals surface area contributed by atoms with E-state index in [1.54, 1.807) is 36.7 Å². The van der Waals surface area contributed by atoms with E-state index >= 15 is 0 Å². The van der Waals surface area contributed by atoms with Gasteiger partial charge in [0.1, 0.15) is 6.04 Å². The molecule has 7 rings (SSSR count). The first-order valence-corrected chi connectivity index (χ1v) is 21.0. The number of piperazine rings is 1. The van der Waals surface area contributed by atoms with Crippen LogP contribution in [-0.2, 0) is 20.8 Å². The van der Waals surface area contributed by atoms with Gasteiger partial charge in [-0.15, -0.1) is 10.2 Å². The molecule has 0 bridgehead atoms. The summed E-state index contributed by atoms with van der Waals surface area (Å²) in [5, 5.41) is 14.0. The van der Waals surface area contributed by atoms with Gasteiger partial charge in [0.2, 0.25) is 17.7 Å². The highest BCUT2D eigenvalue weighted by molar-refractivity contribution is 6.24. The van der Waals surface area contributed by atoms with E-state index in [0.29, 0.717) is 48.8 Å². The highest BCUT2D eigenvalue weighted by Gasteiger charge is 2.45. The number of amides is 6. The predicted molar refractivity (Wildman–Crippen MR) is 220 cm³/mol. The molecule has 59 heavy (non-hydrogen) atoms. The van der Waals surface area contributed by atoms with Crippen LogP contribution >= 0.6 is 0 Å². The van der Waals surface area contributed by atoms with Gasteiger partial charge in [-0.3, -0.25) is 48.9 Å². The molecule has 0 spiro atoms. The Labute approximate surface area is 344 Å². The maximum absolute atomic E-state index is 13.4. The average Bonchev–Trinajstić information content (AvgIpc) is 3.52. The van der Waals surface area contributed by atoms with Gasteiger partial charge in [-0.2, -0.15) is 0 Å². The Morgan fingerprint density at radius 3 is 2.41 bits per heavy atom. The summed E-state index contributed by atoms with van der Waals surface area (Å²) < 4.78 is 0. The molecule has 1 aromatic carbocycles. The highest BCUT2D eigenvalue weighted by Crippen LogP contribution is 2.31. The van der Waals surface area contributed by atoms with Gasteiger partial charge in [-0.1, -0.05) is 37.5 Å². The second-order valence-electron chi connectivity index (χ2n) is 15.8. The third kappa shape index (κ3) is 10.4. The Morgan fingerprint density at radius 2 is 1.66 bits per heavy atom. The van der Waals surface area contributed by atoms with Crippen molar-refractivity contribution in [2.24, 2.45) is 5.92 Å². The third-order valence-electron chi connectivity index (χ3n) is 11.9. The van der Waals surface area contributed by atoms with Gasteiger partial charge < -0.3 is 15.1 Å². The number of piperidine rings is 2. The zero-order chi connectivity index (χ0) is 41.1. The number of aryl methyl sites for hydroxylation is 1. The van der Waals surface area contributed by atoms with Crippen LogP contribution < -0.4 is 15.5 Å². The van der Waals surface area contributed by atoms with Crippen molar-refractivity contribution in [1.29, 1.82) is 0 Å². The number of aromatic nitrogens is 3. The van der Waals surface area contributed by atoms with Crippen LogP contribution in [0.2, 0.25) is 0 Å². The molecule has 2 aromatic heterocycles. The first kappa shape index (κ1) is 41.3. The quantitative estimate of drug-likeness (QED) is 0.123. The molecule has 310 valence electrons. The molecule has 0 aliphatic carbocycles. The molecule has 15 heteroatoms. The molecule has 1 unspecified atom stereocenters. The summed E-state index contributed by atoms with van der Waals surface area (Å²) in [6.07, 6.45) is 15.4. The fourth-order valence-corrected chi connectivity index (χ4v) is 8.49. The molecule has 15 nitrogen and oxygen atoms in total. The van der Waals surface area contributed by atoms with Gasteiger partial charge in [-0.05, 0) is 98.9 Å². The number of likely N-dealkylation sites (tertiary alicyclic amines) is 1. The highest BCUT2D eigenvalue weighted by atomic mass is 16.2. The molecule has 3 saturated heterocycles. The predicted octanol–water partition coefficient (Wildman–Crippen LogP) is 3.66. The van der Waals surface area contributed by atoms with Gasteiger partial charge in [0.05, 0.1) is 11.1 Å². The summed E-state index contributed by atoms with van der Waals surface area (Å²) in [7, 11) is 0. The van der Waals surface area contributed by atoms with Crippen molar-refractivity contribution in [3.05, 3.63) is 88.9 Å². The third-order valence-corrected chi connectivity index (χ3v) is 11.9. The number of nitrogens with one attached hydrogen (secondary N) is 2. The van der Waals surface area contributed by atoms with E-state index in [0.717, 1.165) is 106 Å². The zero-order valence-electron chi connectivity index (χ0n) is 33.5. The number of anilines is 1. The SMILES string of the molecule is O=C(/C=C/c1cccnc1)NCCCCC1CCN(C(=O)c2ccc(N3CCN(CCCCCc4cccc5c4C(=O)N(C4CCC(=O)NC4=O)C5=O)CC3)nn2)CC1. The van der Waals surface area contributed by atoms with Crippen LogP contribution in [0.4, 0.5) is 5.82 Å². The molecule has 0 saturated carbocycles. The lowest BCUT2D eigenvalue weighted by molar-refractivity contribution is -0.136. The van der Waals surface area contributed by atoms with Crippen molar-refractivity contribution in [3.8, 4) is 0 Å². The lowest BCUT2D eigenvalue weighted by Crippen LogP contribution is -2.54. The molecule has 0 radical (unpaired) electrons. The molecule has 1 atom stereocenters. The van der Waals surface area contributed by atoms with Gasteiger partial charge >= 0.3 is 0 Å². The molecular weight excluding hydrogens is 751 g/mol. The minimum atomic E-state index is -0.965. The fourth-order valence-electron chi connectivity index (χ4n) is 8.49. The minimum Gasteiger partial charge on any atom is -0.353 e. The van der Waals surface area contributed by atoms with Crippen LogP contribution in [0.15, 0.2) is 60.9 Å². The Morgan fingerprint density at radius 1 is 0.831 bits per heavy atom. The van der Waals surface area contributed by atoms with E-state index in [1.807, 2.05) is 29.2 Å². The van der Waals surface area contributed by atoms with Crippen molar-refractivity contribution in [1.82, 2.24) is 40.5 Å². The van der Waals surface area contributed by atoms with E-state index < -0.39 is 23.8 Å². The molecule has 3 fully saturated rings. The minimum absolute atomic E-state index is 0.0692. The lowest BCUT2D eigenvalue weighted by atomic mass is 9.91. The molecule has 3 aromatic rings. The lowest BCUT2D eigenvalue weighted by Gasteiger charge is -2.35. The van der Waals surface area contributed by atoms with Crippen molar-refractivity contribution in [2.75, 3.05) is 57.3 Å². The Kier molecular flexibility index (Phi) is 13.8. The Bertz CT molecular complexity index is 2030. The number of hydrogen-bond acceptors (Lipinski definition) is 11. The normalized spacial score (nSPS) is 19.1. The number of hydrogen-bond donors (Lipinski definition) is 2. The average molecular weight is 804 g/mol. The second-order valence-corrected chi connectivity index (χ2v) is 15.8. The zero-order valence-corrected chi connectivity index (χ0v) is 33.5. The van der Waals surface area contributed by atoms with Crippen LogP contribution in [0.3, 0.4) is 0 Å². The van der Waals surface area contributed by atoms with E-state index in [2.05, 4.69) is 35.6 Å². The molecule has 2 N–H and O–H groups in total. The van der Waals surface area contributed by atoms with E-state index in [9.17, 15) is 28.8 Å². The molecule has 6 heterocycles. The van der Waals surface area contributed by atoms with Crippen LogP contribution in [0, 0.1) is 5.92 Å². The van der Waals surface area contributed by atoms with Crippen LogP contribution in [0.1, 0.15) is 107 Å². The summed E-state index contributed by atoms with van der Waals surface area (Å²) in [6, 6.07) is 11.8. The first-order valence-electron chi connectivity index (χ1n) is 21.0. The number of unbranched alkanes of at least 4 members (excludes halogenated alkanes) is 3. The summed E-state index contributed by atoms with van der Waals surface area (Å²) in [5.41, 5.74) is 2.79. The molecule has 6 amide bonds. The van der Waals surface area contributed by atoms with E-state index in [1.165, 1.54) is 6.08 Å². The smallest absolute Gasteiger partial charge is 0.274 e. The fraction of sp³-hybridized carbons (Fsp3) is 0.477. The number of fused-ring (bicyclic) bond motifs is 1. The Hall–Kier alpha value is -5.83. The van der Waals surface area contributed by atoms with Gasteiger partial charge in [0, 0.05) is 70.7 Å². The van der Waals surface area contributed by atoms with Gasteiger partial charge in [0.25, 0.3) is 17.7 Å². The monoisotopic (exact) mass is 803 g/mol. The standard InChI is InChI=1S/C44H53N9O6/c54-38(17-13-32-9-7-21-45-30-32)46-22-4-3-8-31-19-24-52(25-20-31)43(58)35-14-16-37(49-48-35)51-28-26-50(27-29-51)23-5-1-2-10-33-11-6-12-34-40(33)44(59)53(42(34)57)36-15-18-39(55)47-41(36)56/h6-7,9,11-14,16-17,21,30-31,36H,1-5,8,10,15,18-20,22-29H2,(H,46,54)(H,47,55,56)/b17-13+. The summed E-state index contributed by atoms with van der Waals surface area (Å²) in [6.45, 7) is 6.47. The first-order chi connectivity index (χ1) is 28.7. The second kappa shape index (κ2) is 19.7. The summed E-state index contributed by atoms with van der Waals surface area (Å²) in [4.78, 5) is 87.5. The van der Waals surface area contributed by atoms with Crippen LogP contribution in [0.25, 0.3) is 6.08 Å². The van der Waals surface area contributed by atoms with Crippen molar-refractivity contribution in [2.45, 2.75) is 76.7 Å². The number of carbonyl (C=O) groups excluding carboxylic acids is 6. The van der Waals surface area contributed by atoms with Crippen LogP contribution in [0.5, 0.6) is 0 Å². The summed E-state index contributed by atoms with van der Waals surface area (Å²) >= 11 is 0. The number of imide groups is 2. The maximum Gasteiger partial charge on any atom is 0.274 e. The summed E-state index contributed by atoms with van der Waals surface area (Å²) in [5.74, 6) is -0.738. The van der Waals surface area contributed by atoms with Crippen molar-refractivity contribution in [3.63, 3.8) is 0 Å². The van der Waals surface area contributed by atoms with Gasteiger partial charge in [-0.25, -0.2) is 0 Å². The van der Waals surface area contributed by atoms with E-state index in [4.69, 9.17) is 0 Å². The van der Waals surface area contributed by atoms with E-state index in [-0.39, 0.29) is 30.6 Å². The Balaban J connectivity index is 0.759. The molecule has 4 aliphatic rings. The topological polar surface area (TPSA) is 178 Å². The molecule has 4 aliphatic heterocycles. The number of carbonyl (C=O) groups is 6. The maximum atomic E-state index is 13.4. The number of rotatable bonds is 16. The number of benzene rings is 1. The molecular formula is C44H53N9O6.